The van der Waals surface area contributed by atoms with E-state index in [9.17, 15) is 9.50 Å². The molecule has 1 N–H and O–H groups in total. The predicted molar refractivity (Wildman–Crippen MR) is 77.7 cm³/mol. The zero-order valence-electron chi connectivity index (χ0n) is 12.3. The molecule has 1 saturated carbocycles. The van der Waals surface area contributed by atoms with Crippen molar-refractivity contribution in [2.45, 2.75) is 65.0 Å². The number of nitrogens with one attached hydrogen (secondary N) is 1. The van der Waals surface area contributed by atoms with Crippen molar-refractivity contribution in [1.29, 1.82) is 0 Å². The molecule has 0 aromatic heterocycles. The van der Waals surface area contributed by atoms with Gasteiger partial charge in [0.05, 0.1) is 0 Å². The number of hydrogen-bond donors (Lipinski definition) is 1. The maximum absolute atomic E-state index is 12.2. The second kappa shape index (κ2) is 8.23. The summed E-state index contributed by atoms with van der Waals surface area (Å²) in [4.78, 5) is 16.2. The first kappa shape index (κ1) is 16.1. The molecule has 1 amide bonds. The molecule has 0 aliphatic heterocycles. The van der Waals surface area contributed by atoms with Gasteiger partial charge in [-0.2, -0.15) is 0 Å². The minimum absolute atomic E-state index is 0.0637. The maximum atomic E-state index is 12.2. The van der Waals surface area contributed by atoms with Gasteiger partial charge in [-0.15, -0.1) is 0 Å². The van der Waals surface area contributed by atoms with Gasteiger partial charge in [0, 0.05) is 0 Å². The molecule has 0 heterocycles. The molecule has 2 atom stereocenters. The molecule has 0 saturated heterocycles. The summed E-state index contributed by atoms with van der Waals surface area (Å²) >= 11 is 0. The molecule has 1 rings (SSSR count). The van der Waals surface area contributed by atoms with E-state index in [-0.39, 0.29) is 17.9 Å². The van der Waals surface area contributed by atoms with Crippen molar-refractivity contribution in [3.05, 3.63) is 0 Å². The van der Waals surface area contributed by atoms with Gasteiger partial charge in [0.2, 0.25) is 0 Å². The number of carbonyl (C=O) groups is 1. The van der Waals surface area contributed by atoms with Crippen LogP contribution in [0.2, 0.25) is 0 Å². The molecule has 106 valence electrons. The van der Waals surface area contributed by atoms with Crippen LogP contribution in [-0.4, -0.2) is 31.3 Å². The first-order chi connectivity index (χ1) is 9.06. The van der Waals surface area contributed by atoms with E-state index >= 15 is 0 Å². The molecule has 0 unspecified atom stereocenters. The van der Waals surface area contributed by atoms with Gasteiger partial charge in [-0.1, -0.05) is 0 Å². The van der Waals surface area contributed by atoms with Crippen molar-refractivity contribution in [2.75, 3.05) is 0 Å². The Balaban J connectivity index is 2.54. The average molecular weight is 264 g/mol. The van der Waals surface area contributed by atoms with Gasteiger partial charge in [0.15, 0.2) is 0 Å². The van der Waals surface area contributed by atoms with Gasteiger partial charge in [-0.05, 0) is 0 Å². The molecular weight excluding hydrogens is 239 g/mol. The van der Waals surface area contributed by atoms with Crippen LogP contribution in [0, 0.1) is 11.8 Å². The van der Waals surface area contributed by atoms with Gasteiger partial charge >= 0.3 is 116 Å². The van der Waals surface area contributed by atoms with E-state index < -0.39 is 6.04 Å². The summed E-state index contributed by atoms with van der Waals surface area (Å²) in [6.07, 6.45) is 7.42. The Kier molecular flexibility index (Phi) is 6.96. The normalized spacial score (nSPS) is 20.2. The van der Waals surface area contributed by atoms with Gasteiger partial charge in [0.25, 0.3) is 0 Å². The number of carbonyl (C=O) groups excluding carboxylic acids is 1. The topological polar surface area (TPSA) is 58.5 Å². The average Bonchev–Trinajstić information content (AvgIpc) is 2.39. The first-order valence-electron chi connectivity index (χ1n) is 7.33. The zero-order chi connectivity index (χ0) is 14.3. The van der Waals surface area contributed by atoms with Crippen LogP contribution in [-0.2, 0) is 9.50 Å². The number of amides is 1. The quantitative estimate of drug-likeness (QED) is 0.590. The van der Waals surface area contributed by atoms with E-state index in [4.69, 9.17) is 0 Å². The molecule has 5 heteroatoms. The summed E-state index contributed by atoms with van der Waals surface area (Å²) in [5.74, 6) is 0.612. The number of nitrogens with zero attached hydrogens (tertiary/aromatic N) is 1. The van der Waals surface area contributed by atoms with E-state index in [1.165, 1.54) is 38.2 Å². The molecule has 0 aromatic rings. The van der Waals surface area contributed by atoms with Crippen LogP contribution < -0.4 is 5.32 Å². The number of aliphatic imine (C=N–C) groups is 1. The van der Waals surface area contributed by atoms with Crippen molar-refractivity contribution in [3.63, 3.8) is 0 Å². The SMILES string of the molecule is CC(C)[C@@H](/N=C\B=O)C(=O)N[C@@H](C)C1CCCCC1. The Labute approximate surface area is 116 Å². The van der Waals surface area contributed by atoms with Crippen LogP contribution in [0.3, 0.4) is 0 Å². The molecule has 1 fully saturated rings. The van der Waals surface area contributed by atoms with Crippen molar-refractivity contribution < 1.29 is 9.50 Å². The van der Waals surface area contributed by atoms with Crippen LogP contribution in [0.15, 0.2) is 4.99 Å². The van der Waals surface area contributed by atoms with E-state index in [0.717, 1.165) is 0 Å². The molecule has 0 aromatic carbocycles. The Morgan fingerprint density at radius 3 is 2.42 bits per heavy atom. The van der Waals surface area contributed by atoms with Crippen LogP contribution in [0.1, 0.15) is 52.9 Å². The van der Waals surface area contributed by atoms with Crippen molar-refractivity contribution in [2.24, 2.45) is 16.8 Å². The minimum atomic E-state index is -0.462. The fourth-order valence-corrected chi connectivity index (χ4v) is 2.73. The molecule has 0 radical (unpaired) electrons. The summed E-state index contributed by atoms with van der Waals surface area (Å²) < 4.78 is 10.3. The summed E-state index contributed by atoms with van der Waals surface area (Å²) in [6, 6.07) is -0.267. The van der Waals surface area contributed by atoms with E-state index in [2.05, 4.69) is 17.2 Å². The van der Waals surface area contributed by atoms with E-state index in [1.807, 2.05) is 13.8 Å². The second-order valence-corrected chi connectivity index (χ2v) is 5.82. The zero-order valence-corrected chi connectivity index (χ0v) is 12.3. The summed E-state index contributed by atoms with van der Waals surface area (Å²) in [5, 5.41) is 3.07. The summed E-state index contributed by atoms with van der Waals surface area (Å²) in [7, 11) is 0.618. The third-order valence-corrected chi connectivity index (χ3v) is 3.93. The molecule has 0 spiro atoms. The van der Waals surface area contributed by atoms with Crippen molar-refractivity contribution >= 4 is 19.2 Å². The van der Waals surface area contributed by atoms with Crippen LogP contribution in [0.4, 0.5) is 0 Å². The van der Waals surface area contributed by atoms with Crippen LogP contribution in [0.25, 0.3) is 0 Å². The summed E-state index contributed by atoms with van der Waals surface area (Å²) in [5.41, 5.74) is 0. The second-order valence-electron chi connectivity index (χ2n) is 5.82. The fraction of sp³-hybridized carbons (Fsp3) is 0.857. The molecule has 19 heavy (non-hydrogen) atoms. The molecular formula is C14H25BN2O2. The van der Waals surface area contributed by atoms with Crippen molar-refractivity contribution in [1.82, 2.24) is 5.32 Å². The Hall–Kier alpha value is -0.995. The third kappa shape index (κ3) is 5.25. The van der Waals surface area contributed by atoms with Gasteiger partial charge in [-0.3, -0.25) is 0 Å². The van der Waals surface area contributed by atoms with Crippen LogP contribution in [0.5, 0.6) is 0 Å². The standard InChI is InChI=1S/C14H25BN2O2/c1-10(2)13(16-9-15-19)14(18)17-11(3)12-7-5-4-6-8-12/h9-13H,4-8H2,1-3H3,(H,17,18)/b16-9-/t11-,13+/m0/s1. The van der Waals surface area contributed by atoms with Gasteiger partial charge < -0.3 is 0 Å². The predicted octanol–water partition coefficient (Wildman–Crippen LogP) is 2.17. The van der Waals surface area contributed by atoms with Gasteiger partial charge in [-0.25, -0.2) is 0 Å². The fourth-order valence-electron chi connectivity index (χ4n) is 2.73. The molecule has 1 aliphatic rings. The van der Waals surface area contributed by atoms with Crippen molar-refractivity contribution in [3.8, 4) is 0 Å². The summed E-state index contributed by atoms with van der Waals surface area (Å²) in [6.45, 7) is 5.96. The first-order valence-corrected chi connectivity index (χ1v) is 7.33. The van der Waals surface area contributed by atoms with Crippen LogP contribution >= 0.6 is 0 Å². The number of hydrogen-bond acceptors (Lipinski definition) is 3. The molecule has 0 bridgehead atoms. The Morgan fingerprint density at radius 1 is 1.26 bits per heavy atom. The number of rotatable bonds is 6. The molecule has 4 nitrogen and oxygen atoms in total. The monoisotopic (exact) mass is 264 g/mol. The Morgan fingerprint density at radius 2 is 1.89 bits per heavy atom. The van der Waals surface area contributed by atoms with Gasteiger partial charge in [0.1, 0.15) is 0 Å². The Bertz CT molecular complexity index is 325. The molecule has 1 aliphatic carbocycles. The van der Waals surface area contributed by atoms with E-state index in [0.29, 0.717) is 13.1 Å². The van der Waals surface area contributed by atoms with E-state index in [1.54, 1.807) is 0 Å². The third-order valence-electron chi connectivity index (χ3n) is 3.93.